The van der Waals surface area contributed by atoms with Gasteiger partial charge in [-0.25, -0.2) is 0 Å². The molecule has 21 heavy (non-hydrogen) atoms. The van der Waals surface area contributed by atoms with E-state index in [1.165, 1.54) is 12.8 Å². The van der Waals surface area contributed by atoms with Crippen molar-refractivity contribution in [3.8, 4) is 0 Å². The molecule has 1 saturated carbocycles. The van der Waals surface area contributed by atoms with Gasteiger partial charge in [0.1, 0.15) is 11.2 Å². The maximum Gasteiger partial charge on any atom is 0.113 e. The normalized spacial score (nSPS) is 16.5. The highest BCUT2D eigenvalue weighted by Crippen LogP contribution is 2.27. The van der Waals surface area contributed by atoms with Gasteiger partial charge >= 0.3 is 0 Å². The van der Waals surface area contributed by atoms with Crippen LogP contribution in [0.3, 0.4) is 0 Å². The average Bonchev–Trinajstić information content (AvgIpc) is 3.23. The maximum absolute atomic E-state index is 5.11. The predicted molar refractivity (Wildman–Crippen MR) is 83.2 cm³/mol. The van der Waals surface area contributed by atoms with Gasteiger partial charge in [-0.1, -0.05) is 0 Å². The van der Waals surface area contributed by atoms with Gasteiger partial charge in [-0.15, -0.1) is 0 Å². The predicted octanol–water partition coefficient (Wildman–Crippen LogP) is 2.67. The Morgan fingerprint density at radius 1 is 1.43 bits per heavy atom. The van der Waals surface area contributed by atoms with Crippen molar-refractivity contribution in [2.45, 2.75) is 51.2 Å². The Labute approximate surface area is 125 Å². The summed E-state index contributed by atoms with van der Waals surface area (Å²) in [5, 5.41) is 8.43. The molecule has 1 fully saturated rings. The molecule has 1 aliphatic carbocycles. The summed E-state index contributed by atoms with van der Waals surface area (Å²) in [7, 11) is 1.75. The highest BCUT2D eigenvalue weighted by Gasteiger charge is 2.26. The van der Waals surface area contributed by atoms with Crippen molar-refractivity contribution in [3.63, 3.8) is 0 Å². The number of pyridine rings is 1. The summed E-state index contributed by atoms with van der Waals surface area (Å²) in [5.74, 6) is 0. The molecule has 1 aliphatic rings. The third-order valence-electron chi connectivity index (χ3n) is 3.98. The molecule has 0 amide bonds. The monoisotopic (exact) mass is 288 g/mol. The summed E-state index contributed by atoms with van der Waals surface area (Å²) in [6.07, 6.45) is 6.56. The lowest BCUT2D eigenvalue weighted by atomic mass is 10.2. The Hall–Kier alpha value is -1.46. The Morgan fingerprint density at radius 2 is 2.29 bits per heavy atom. The van der Waals surface area contributed by atoms with Crippen molar-refractivity contribution in [1.29, 1.82) is 0 Å². The quantitative estimate of drug-likeness (QED) is 0.759. The van der Waals surface area contributed by atoms with Crippen LogP contribution in [-0.2, 0) is 11.3 Å². The van der Waals surface area contributed by atoms with E-state index in [2.05, 4.69) is 28.0 Å². The number of nitrogens with zero attached hydrogens (tertiary/aromatic N) is 3. The van der Waals surface area contributed by atoms with Crippen molar-refractivity contribution in [2.24, 2.45) is 0 Å². The lowest BCUT2D eigenvalue weighted by Crippen LogP contribution is -2.21. The van der Waals surface area contributed by atoms with Gasteiger partial charge in [-0.3, -0.25) is 9.67 Å². The zero-order valence-electron chi connectivity index (χ0n) is 12.9. The number of methoxy groups -OCH3 is 1. The minimum Gasteiger partial charge on any atom is -0.385 e. The first-order chi connectivity index (χ1) is 10.3. The Bertz CT molecular complexity index is 591. The number of hydrogen-bond donors (Lipinski definition) is 1. The average molecular weight is 288 g/mol. The number of ether oxygens (including phenoxy) is 1. The van der Waals surface area contributed by atoms with Crippen LogP contribution in [0.5, 0.6) is 0 Å². The van der Waals surface area contributed by atoms with Crippen molar-refractivity contribution >= 4 is 11.0 Å². The fraction of sp³-hybridized carbons (Fsp3) is 0.625. The molecule has 114 valence electrons. The first-order valence-corrected chi connectivity index (χ1v) is 7.86. The van der Waals surface area contributed by atoms with E-state index in [0.29, 0.717) is 6.04 Å². The summed E-state index contributed by atoms with van der Waals surface area (Å²) in [5.41, 5.74) is 3.24. The largest absolute Gasteiger partial charge is 0.385 e. The van der Waals surface area contributed by atoms with E-state index >= 15 is 0 Å². The summed E-state index contributed by atoms with van der Waals surface area (Å²) in [6, 6.07) is 5.03. The minimum atomic E-state index is 0.259. The SMILES string of the molecule is COCCCCn1nc(C(C)NC2CC2)c2ncccc21. The molecular weight excluding hydrogens is 264 g/mol. The fourth-order valence-electron chi connectivity index (χ4n) is 2.69. The van der Waals surface area contributed by atoms with Crippen LogP contribution in [-0.4, -0.2) is 34.5 Å². The molecule has 2 aromatic heterocycles. The molecule has 0 radical (unpaired) electrons. The molecule has 2 heterocycles. The van der Waals surface area contributed by atoms with Crippen LogP contribution in [0, 0.1) is 0 Å². The Balaban J connectivity index is 1.79. The second-order valence-electron chi connectivity index (χ2n) is 5.84. The smallest absolute Gasteiger partial charge is 0.113 e. The highest BCUT2D eigenvalue weighted by atomic mass is 16.5. The number of unbranched alkanes of at least 4 members (excludes halogenated alkanes) is 1. The fourth-order valence-corrected chi connectivity index (χ4v) is 2.69. The molecule has 5 nitrogen and oxygen atoms in total. The van der Waals surface area contributed by atoms with Gasteiger partial charge in [-0.05, 0) is 44.7 Å². The van der Waals surface area contributed by atoms with E-state index in [1.807, 2.05) is 12.3 Å². The summed E-state index contributed by atoms with van der Waals surface area (Å²) >= 11 is 0. The van der Waals surface area contributed by atoms with Gasteiger partial charge in [0.25, 0.3) is 0 Å². The van der Waals surface area contributed by atoms with Gasteiger partial charge in [0.05, 0.1) is 11.6 Å². The second kappa shape index (κ2) is 6.54. The first kappa shape index (κ1) is 14.5. The lowest BCUT2D eigenvalue weighted by molar-refractivity contribution is 0.191. The summed E-state index contributed by atoms with van der Waals surface area (Å²) < 4.78 is 7.21. The highest BCUT2D eigenvalue weighted by molar-refractivity contribution is 5.77. The van der Waals surface area contributed by atoms with Crippen molar-refractivity contribution in [1.82, 2.24) is 20.1 Å². The van der Waals surface area contributed by atoms with E-state index in [-0.39, 0.29) is 6.04 Å². The first-order valence-electron chi connectivity index (χ1n) is 7.86. The van der Waals surface area contributed by atoms with Crippen LogP contribution >= 0.6 is 0 Å². The third kappa shape index (κ3) is 3.41. The molecule has 0 spiro atoms. The molecule has 5 heteroatoms. The molecule has 1 N–H and O–H groups in total. The summed E-state index contributed by atoms with van der Waals surface area (Å²) in [4.78, 5) is 4.55. The third-order valence-corrected chi connectivity index (χ3v) is 3.98. The van der Waals surface area contributed by atoms with Crippen LogP contribution in [0.4, 0.5) is 0 Å². The van der Waals surface area contributed by atoms with Gasteiger partial charge in [0.15, 0.2) is 0 Å². The zero-order chi connectivity index (χ0) is 14.7. The molecule has 1 unspecified atom stereocenters. The van der Waals surface area contributed by atoms with Crippen LogP contribution in [0.1, 0.15) is 44.3 Å². The van der Waals surface area contributed by atoms with E-state index in [9.17, 15) is 0 Å². The van der Waals surface area contributed by atoms with E-state index in [4.69, 9.17) is 9.84 Å². The van der Waals surface area contributed by atoms with Gasteiger partial charge in [0, 0.05) is 32.5 Å². The van der Waals surface area contributed by atoms with Crippen LogP contribution in [0.15, 0.2) is 18.3 Å². The zero-order valence-corrected chi connectivity index (χ0v) is 12.9. The molecule has 1 atom stereocenters. The van der Waals surface area contributed by atoms with Crippen molar-refractivity contribution in [3.05, 3.63) is 24.0 Å². The van der Waals surface area contributed by atoms with Crippen LogP contribution < -0.4 is 5.32 Å². The van der Waals surface area contributed by atoms with E-state index < -0.39 is 0 Å². The number of fused-ring (bicyclic) bond motifs is 1. The number of nitrogens with one attached hydrogen (secondary N) is 1. The number of hydrogen-bond acceptors (Lipinski definition) is 4. The van der Waals surface area contributed by atoms with Crippen LogP contribution in [0.25, 0.3) is 11.0 Å². The topological polar surface area (TPSA) is 52.0 Å². The number of aromatic nitrogens is 3. The maximum atomic E-state index is 5.11. The molecule has 2 aromatic rings. The molecule has 0 bridgehead atoms. The molecule has 0 aromatic carbocycles. The van der Waals surface area contributed by atoms with Gasteiger partial charge < -0.3 is 10.1 Å². The standard InChI is InChI=1S/C16H24N4O/c1-12(18-13-7-8-13)15-16-14(6-5-9-17-16)20(19-15)10-3-4-11-21-2/h5-6,9,12-13,18H,3-4,7-8,10-11H2,1-2H3. The van der Waals surface area contributed by atoms with E-state index in [1.54, 1.807) is 7.11 Å². The van der Waals surface area contributed by atoms with Crippen molar-refractivity contribution in [2.75, 3.05) is 13.7 Å². The Kier molecular flexibility index (Phi) is 4.51. The summed E-state index contributed by atoms with van der Waals surface area (Å²) in [6.45, 7) is 3.91. The van der Waals surface area contributed by atoms with E-state index in [0.717, 1.165) is 42.7 Å². The number of rotatable bonds is 8. The molecule has 0 aliphatic heterocycles. The van der Waals surface area contributed by atoms with Crippen molar-refractivity contribution < 1.29 is 4.74 Å². The Morgan fingerprint density at radius 3 is 3.05 bits per heavy atom. The van der Waals surface area contributed by atoms with Gasteiger partial charge in [0.2, 0.25) is 0 Å². The molecule has 0 saturated heterocycles. The van der Waals surface area contributed by atoms with Crippen LogP contribution in [0.2, 0.25) is 0 Å². The molecular formula is C16H24N4O. The second-order valence-corrected chi connectivity index (χ2v) is 5.84. The number of aryl methyl sites for hydroxylation is 1. The van der Waals surface area contributed by atoms with Gasteiger partial charge in [-0.2, -0.15) is 5.10 Å². The lowest BCUT2D eigenvalue weighted by Gasteiger charge is -2.10. The molecule has 3 rings (SSSR count). The minimum absolute atomic E-state index is 0.259.